The second kappa shape index (κ2) is 5.56. The quantitative estimate of drug-likeness (QED) is 0.917. The highest BCUT2D eigenvalue weighted by Crippen LogP contribution is 2.24. The predicted molar refractivity (Wildman–Crippen MR) is 75.3 cm³/mol. The van der Waals surface area contributed by atoms with E-state index in [9.17, 15) is 4.79 Å². The topological polar surface area (TPSA) is 75.6 Å². The minimum Gasteiger partial charge on any atom is -0.497 e. The van der Waals surface area contributed by atoms with Crippen molar-refractivity contribution in [1.82, 2.24) is 9.97 Å². The van der Waals surface area contributed by atoms with Gasteiger partial charge in [0.05, 0.1) is 7.11 Å². The average molecular weight is 273 g/mol. The van der Waals surface area contributed by atoms with E-state index in [0.717, 1.165) is 5.56 Å². The van der Waals surface area contributed by atoms with Crippen LogP contribution in [0.3, 0.4) is 0 Å². The van der Waals surface area contributed by atoms with Crippen molar-refractivity contribution in [2.45, 2.75) is 0 Å². The Labute approximate surface area is 116 Å². The Bertz CT molecular complexity index is 641. The van der Waals surface area contributed by atoms with E-state index in [1.807, 2.05) is 18.2 Å². The molecule has 0 saturated heterocycles. The highest BCUT2D eigenvalue weighted by Gasteiger charge is 2.16. The molecule has 0 radical (unpaired) electrons. The van der Waals surface area contributed by atoms with Crippen molar-refractivity contribution >= 4 is 11.8 Å². The first-order chi connectivity index (χ1) is 9.52. The smallest absolute Gasteiger partial charge is 0.341 e. The van der Waals surface area contributed by atoms with Crippen LogP contribution in [0.4, 0.5) is 5.82 Å². The monoisotopic (exact) mass is 273 g/mol. The van der Waals surface area contributed by atoms with Gasteiger partial charge in [0.1, 0.15) is 17.1 Å². The van der Waals surface area contributed by atoms with Gasteiger partial charge in [-0.2, -0.15) is 0 Å². The van der Waals surface area contributed by atoms with Crippen LogP contribution in [-0.2, 0) is 0 Å². The lowest BCUT2D eigenvalue weighted by molar-refractivity contribution is 0.0697. The summed E-state index contributed by atoms with van der Waals surface area (Å²) in [7, 11) is 5.06. The molecule has 0 unspecified atom stereocenters. The summed E-state index contributed by atoms with van der Waals surface area (Å²) in [5, 5.41) is 9.13. The zero-order valence-electron chi connectivity index (χ0n) is 11.5. The number of methoxy groups -OCH3 is 1. The number of aromatic nitrogens is 2. The Morgan fingerprint density at radius 3 is 2.70 bits per heavy atom. The van der Waals surface area contributed by atoms with Crippen molar-refractivity contribution in [2.75, 3.05) is 26.1 Å². The summed E-state index contributed by atoms with van der Waals surface area (Å²) in [4.78, 5) is 21.2. The number of carboxylic acid groups (broad SMARTS) is 1. The molecular weight excluding hydrogens is 258 g/mol. The summed E-state index contributed by atoms with van der Waals surface area (Å²) in [6.45, 7) is 0. The van der Waals surface area contributed by atoms with Gasteiger partial charge in [-0.25, -0.2) is 14.8 Å². The van der Waals surface area contributed by atoms with Gasteiger partial charge >= 0.3 is 5.97 Å². The van der Waals surface area contributed by atoms with Gasteiger partial charge in [-0.05, 0) is 12.1 Å². The van der Waals surface area contributed by atoms with Crippen molar-refractivity contribution < 1.29 is 14.6 Å². The van der Waals surface area contributed by atoms with Gasteiger partial charge in [0.25, 0.3) is 0 Å². The molecular formula is C14H15N3O3. The lowest BCUT2D eigenvalue weighted by Crippen LogP contribution is -2.16. The maximum Gasteiger partial charge on any atom is 0.341 e. The summed E-state index contributed by atoms with van der Waals surface area (Å²) >= 11 is 0. The zero-order valence-corrected chi connectivity index (χ0v) is 11.5. The first-order valence-electron chi connectivity index (χ1n) is 5.95. The van der Waals surface area contributed by atoms with E-state index in [1.165, 1.54) is 6.20 Å². The highest BCUT2D eigenvalue weighted by atomic mass is 16.5. The van der Waals surface area contributed by atoms with Gasteiger partial charge in [-0.15, -0.1) is 0 Å². The number of nitrogens with zero attached hydrogens (tertiary/aromatic N) is 3. The lowest BCUT2D eigenvalue weighted by Gasteiger charge is -2.14. The molecule has 0 aliphatic heterocycles. The number of carbonyl (C=O) groups is 1. The van der Waals surface area contributed by atoms with Crippen LogP contribution < -0.4 is 9.64 Å². The van der Waals surface area contributed by atoms with Crippen LogP contribution in [0.1, 0.15) is 10.4 Å². The van der Waals surface area contributed by atoms with Crippen LogP contribution in [0.2, 0.25) is 0 Å². The molecule has 6 heteroatoms. The van der Waals surface area contributed by atoms with Gasteiger partial charge in [-0.1, -0.05) is 12.1 Å². The molecule has 2 aromatic rings. The average Bonchev–Trinajstić information content (AvgIpc) is 2.46. The van der Waals surface area contributed by atoms with Crippen molar-refractivity contribution in [2.24, 2.45) is 0 Å². The molecule has 0 atom stereocenters. The molecule has 2 rings (SSSR count). The summed E-state index contributed by atoms with van der Waals surface area (Å²) < 4.78 is 5.16. The molecule has 20 heavy (non-hydrogen) atoms. The third kappa shape index (κ3) is 2.69. The first kappa shape index (κ1) is 13.8. The second-order valence-corrected chi connectivity index (χ2v) is 4.36. The fourth-order valence-corrected chi connectivity index (χ4v) is 1.77. The molecule has 0 saturated carbocycles. The molecule has 1 aromatic heterocycles. The third-order valence-electron chi connectivity index (χ3n) is 2.75. The summed E-state index contributed by atoms with van der Waals surface area (Å²) in [6, 6.07) is 7.30. The van der Waals surface area contributed by atoms with E-state index in [2.05, 4.69) is 9.97 Å². The Morgan fingerprint density at radius 2 is 2.10 bits per heavy atom. The summed E-state index contributed by atoms with van der Waals surface area (Å²) in [6.07, 6.45) is 1.32. The van der Waals surface area contributed by atoms with E-state index in [-0.39, 0.29) is 5.56 Å². The van der Waals surface area contributed by atoms with Crippen molar-refractivity contribution in [3.05, 3.63) is 36.0 Å². The fraction of sp³-hybridized carbons (Fsp3) is 0.214. The van der Waals surface area contributed by atoms with E-state index in [1.54, 1.807) is 32.2 Å². The van der Waals surface area contributed by atoms with Gasteiger partial charge in [-0.3, -0.25) is 0 Å². The summed E-state index contributed by atoms with van der Waals surface area (Å²) in [5.41, 5.74) is 0.839. The fourth-order valence-electron chi connectivity index (χ4n) is 1.77. The van der Waals surface area contributed by atoms with Crippen LogP contribution in [0.25, 0.3) is 11.4 Å². The number of aromatic carboxylic acids is 1. The maximum absolute atomic E-state index is 11.1. The Hall–Kier alpha value is -2.63. The predicted octanol–water partition coefficient (Wildman–Crippen LogP) is 1.92. The van der Waals surface area contributed by atoms with Crippen molar-refractivity contribution in [3.8, 4) is 17.1 Å². The van der Waals surface area contributed by atoms with Crippen LogP contribution in [0.15, 0.2) is 30.5 Å². The number of hydrogen-bond donors (Lipinski definition) is 1. The molecule has 1 aromatic carbocycles. The van der Waals surface area contributed by atoms with E-state index >= 15 is 0 Å². The zero-order chi connectivity index (χ0) is 14.7. The Kier molecular flexibility index (Phi) is 3.84. The van der Waals surface area contributed by atoms with Crippen molar-refractivity contribution in [3.63, 3.8) is 0 Å². The van der Waals surface area contributed by atoms with Crippen LogP contribution in [0.5, 0.6) is 5.75 Å². The van der Waals surface area contributed by atoms with E-state index in [4.69, 9.17) is 9.84 Å². The minimum atomic E-state index is -1.05. The van der Waals surface area contributed by atoms with Gasteiger partial charge < -0.3 is 14.7 Å². The van der Waals surface area contributed by atoms with E-state index in [0.29, 0.717) is 17.4 Å². The molecule has 0 bridgehead atoms. The van der Waals surface area contributed by atoms with Crippen LogP contribution in [-0.4, -0.2) is 42.2 Å². The number of carboxylic acids is 1. The normalized spacial score (nSPS) is 10.2. The third-order valence-corrected chi connectivity index (χ3v) is 2.75. The Morgan fingerprint density at radius 1 is 1.35 bits per heavy atom. The van der Waals surface area contributed by atoms with Crippen molar-refractivity contribution in [1.29, 1.82) is 0 Å². The van der Waals surface area contributed by atoms with Crippen LogP contribution >= 0.6 is 0 Å². The number of ether oxygens (including phenoxy) is 1. The molecule has 0 spiro atoms. The molecule has 0 fully saturated rings. The molecule has 6 nitrogen and oxygen atoms in total. The molecule has 0 aliphatic carbocycles. The number of benzene rings is 1. The van der Waals surface area contributed by atoms with Gasteiger partial charge in [0, 0.05) is 25.9 Å². The maximum atomic E-state index is 11.1. The first-order valence-corrected chi connectivity index (χ1v) is 5.95. The molecule has 1 heterocycles. The van der Waals surface area contributed by atoms with Crippen LogP contribution in [0, 0.1) is 0 Å². The number of anilines is 1. The van der Waals surface area contributed by atoms with Gasteiger partial charge in [0.15, 0.2) is 5.82 Å². The van der Waals surface area contributed by atoms with Gasteiger partial charge in [0.2, 0.25) is 0 Å². The molecule has 0 aliphatic rings. The largest absolute Gasteiger partial charge is 0.497 e. The second-order valence-electron chi connectivity index (χ2n) is 4.36. The Balaban J connectivity index is 2.52. The molecule has 1 N–H and O–H groups in total. The minimum absolute atomic E-state index is 0.0710. The number of hydrogen-bond acceptors (Lipinski definition) is 5. The summed E-state index contributed by atoms with van der Waals surface area (Å²) in [5.74, 6) is 0.466. The lowest BCUT2D eigenvalue weighted by atomic mass is 10.2. The highest BCUT2D eigenvalue weighted by molar-refractivity contribution is 5.93. The standard InChI is InChI=1S/C14H15N3O3/c1-17(2)13-11(14(18)19)8-15-12(16-13)9-5-4-6-10(7-9)20-3/h4-8H,1-3H3,(H,18,19). The molecule has 104 valence electrons. The van der Waals surface area contributed by atoms with E-state index < -0.39 is 5.97 Å². The number of rotatable bonds is 4. The molecule has 0 amide bonds. The SMILES string of the molecule is COc1cccc(-c2ncc(C(=O)O)c(N(C)C)n2)c1.